The summed E-state index contributed by atoms with van der Waals surface area (Å²) in [7, 11) is 0. The zero-order chi connectivity index (χ0) is 9.14. The average molecular weight is 230 g/mol. The van der Waals surface area contributed by atoms with Crippen molar-refractivity contribution in [2.45, 2.75) is 0 Å². The smallest absolute Gasteiger partial charge is 0.316 e. The van der Waals surface area contributed by atoms with E-state index in [2.05, 4.69) is 21.2 Å². The molecule has 0 saturated carbocycles. The van der Waals surface area contributed by atoms with Gasteiger partial charge in [0.2, 0.25) is 0 Å². The van der Waals surface area contributed by atoms with E-state index in [1.807, 2.05) is 0 Å². The van der Waals surface area contributed by atoms with Crippen molar-refractivity contribution in [1.29, 1.82) is 0 Å². The summed E-state index contributed by atoms with van der Waals surface area (Å²) < 4.78 is 0.834. The zero-order valence-electron chi connectivity index (χ0n) is 6.17. The van der Waals surface area contributed by atoms with Crippen LogP contribution in [0.4, 0.5) is 16.2 Å². The highest BCUT2D eigenvalue weighted by atomic mass is 79.9. The fourth-order valence-corrected chi connectivity index (χ4v) is 1.13. The lowest BCUT2D eigenvalue weighted by molar-refractivity contribution is 0.259. The standard InChI is InChI=1S/C7H8BrN3O/c8-4-1-2-5(9)6(3-4)11-7(10)12/h1-3H,9H2,(H3,10,11,12). The average Bonchev–Trinajstić information content (AvgIpc) is 1.96. The number of benzene rings is 1. The Bertz CT molecular complexity index is 314. The number of carbonyl (C=O) groups excluding carboxylic acids is 1. The summed E-state index contributed by atoms with van der Waals surface area (Å²) in [5.41, 5.74) is 11.5. The number of rotatable bonds is 1. The van der Waals surface area contributed by atoms with Crippen molar-refractivity contribution in [2.75, 3.05) is 11.1 Å². The quantitative estimate of drug-likeness (QED) is 0.639. The number of hydrogen-bond acceptors (Lipinski definition) is 2. The summed E-state index contributed by atoms with van der Waals surface area (Å²) in [6, 6.07) is 4.51. The number of urea groups is 1. The van der Waals surface area contributed by atoms with Gasteiger partial charge in [-0.1, -0.05) is 15.9 Å². The van der Waals surface area contributed by atoms with Gasteiger partial charge in [0.1, 0.15) is 0 Å². The van der Waals surface area contributed by atoms with Gasteiger partial charge in [-0.15, -0.1) is 0 Å². The summed E-state index contributed by atoms with van der Waals surface area (Å²) in [5, 5.41) is 2.40. The highest BCUT2D eigenvalue weighted by Gasteiger charge is 2.00. The molecule has 0 bridgehead atoms. The van der Waals surface area contributed by atoms with Gasteiger partial charge in [-0.05, 0) is 18.2 Å². The molecule has 0 fully saturated rings. The molecule has 5 N–H and O–H groups in total. The SMILES string of the molecule is NC(=O)Nc1cc(Br)ccc1N. The molecule has 0 unspecified atom stereocenters. The van der Waals surface area contributed by atoms with Gasteiger partial charge < -0.3 is 16.8 Å². The third-order valence-corrected chi connectivity index (χ3v) is 1.77. The number of halogens is 1. The summed E-state index contributed by atoms with van der Waals surface area (Å²) in [6.45, 7) is 0. The van der Waals surface area contributed by atoms with Gasteiger partial charge in [-0.2, -0.15) is 0 Å². The largest absolute Gasteiger partial charge is 0.397 e. The Labute approximate surface area is 78.1 Å². The van der Waals surface area contributed by atoms with Crippen LogP contribution in [0, 0.1) is 0 Å². The Hall–Kier alpha value is -1.23. The van der Waals surface area contributed by atoms with Crippen molar-refractivity contribution in [1.82, 2.24) is 0 Å². The molecule has 64 valence electrons. The van der Waals surface area contributed by atoms with Crippen LogP contribution in [0.1, 0.15) is 0 Å². The van der Waals surface area contributed by atoms with E-state index in [0.29, 0.717) is 11.4 Å². The van der Waals surface area contributed by atoms with Crippen molar-refractivity contribution in [3.8, 4) is 0 Å². The Kier molecular flexibility index (Phi) is 2.54. The summed E-state index contributed by atoms with van der Waals surface area (Å²) in [4.78, 5) is 10.5. The molecule has 0 radical (unpaired) electrons. The lowest BCUT2D eigenvalue weighted by atomic mass is 10.3. The molecule has 0 heterocycles. The third-order valence-electron chi connectivity index (χ3n) is 1.27. The molecule has 0 saturated heterocycles. The predicted octanol–water partition coefficient (Wildman–Crippen LogP) is 1.52. The molecule has 1 aromatic carbocycles. The molecule has 1 aromatic rings. The number of anilines is 2. The molecule has 0 aliphatic carbocycles. The molecule has 2 amide bonds. The van der Waals surface area contributed by atoms with Crippen molar-refractivity contribution in [3.05, 3.63) is 22.7 Å². The monoisotopic (exact) mass is 229 g/mol. The van der Waals surface area contributed by atoms with E-state index in [-0.39, 0.29) is 0 Å². The fourth-order valence-electron chi connectivity index (χ4n) is 0.769. The van der Waals surface area contributed by atoms with Crippen LogP contribution in [-0.2, 0) is 0 Å². The lowest BCUT2D eigenvalue weighted by Crippen LogP contribution is -2.20. The maximum absolute atomic E-state index is 10.5. The second-order valence-electron chi connectivity index (χ2n) is 2.22. The van der Waals surface area contributed by atoms with Gasteiger partial charge in [-0.25, -0.2) is 4.79 Å². The minimum Gasteiger partial charge on any atom is -0.397 e. The van der Waals surface area contributed by atoms with Crippen LogP contribution in [0.25, 0.3) is 0 Å². The molecule has 5 heteroatoms. The van der Waals surface area contributed by atoms with Gasteiger partial charge in [0.05, 0.1) is 11.4 Å². The van der Waals surface area contributed by atoms with E-state index in [1.165, 1.54) is 0 Å². The molecular weight excluding hydrogens is 222 g/mol. The zero-order valence-corrected chi connectivity index (χ0v) is 7.76. The maximum atomic E-state index is 10.5. The van der Waals surface area contributed by atoms with E-state index in [9.17, 15) is 4.79 Å². The van der Waals surface area contributed by atoms with Gasteiger partial charge in [0.15, 0.2) is 0 Å². The predicted molar refractivity (Wildman–Crippen MR) is 51.8 cm³/mol. The topological polar surface area (TPSA) is 81.1 Å². The first-order valence-corrected chi connectivity index (χ1v) is 4.00. The van der Waals surface area contributed by atoms with Crippen LogP contribution in [0.2, 0.25) is 0 Å². The molecule has 0 aliphatic rings. The molecule has 4 nitrogen and oxygen atoms in total. The fraction of sp³-hybridized carbons (Fsp3) is 0. The molecule has 12 heavy (non-hydrogen) atoms. The first-order valence-electron chi connectivity index (χ1n) is 3.21. The van der Waals surface area contributed by atoms with Crippen molar-refractivity contribution >= 4 is 33.3 Å². The first-order chi connectivity index (χ1) is 5.59. The summed E-state index contributed by atoms with van der Waals surface area (Å²) in [5.74, 6) is 0. The van der Waals surface area contributed by atoms with Gasteiger partial charge in [0, 0.05) is 4.47 Å². The van der Waals surface area contributed by atoms with Crippen molar-refractivity contribution in [2.24, 2.45) is 5.73 Å². The van der Waals surface area contributed by atoms with Crippen LogP contribution in [0.3, 0.4) is 0 Å². The van der Waals surface area contributed by atoms with Crippen LogP contribution in [-0.4, -0.2) is 6.03 Å². The minimum atomic E-state index is -0.625. The normalized spacial score (nSPS) is 9.42. The van der Waals surface area contributed by atoms with Gasteiger partial charge in [-0.3, -0.25) is 0 Å². The summed E-state index contributed by atoms with van der Waals surface area (Å²) >= 11 is 3.24. The molecule has 0 aromatic heterocycles. The minimum absolute atomic E-state index is 0.483. The van der Waals surface area contributed by atoms with Crippen molar-refractivity contribution < 1.29 is 4.79 Å². The number of carbonyl (C=O) groups is 1. The summed E-state index contributed by atoms with van der Waals surface area (Å²) in [6.07, 6.45) is 0. The van der Waals surface area contributed by atoms with E-state index in [0.717, 1.165) is 4.47 Å². The van der Waals surface area contributed by atoms with Gasteiger partial charge in [0.25, 0.3) is 0 Å². The van der Waals surface area contributed by atoms with Crippen LogP contribution in [0.15, 0.2) is 22.7 Å². The van der Waals surface area contributed by atoms with E-state index in [1.54, 1.807) is 18.2 Å². The molecule has 0 atom stereocenters. The maximum Gasteiger partial charge on any atom is 0.316 e. The Morgan fingerprint density at radius 2 is 2.17 bits per heavy atom. The number of nitrogens with one attached hydrogen (secondary N) is 1. The molecule has 1 rings (SSSR count). The number of nitrogen functional groups attached to an aromatic ring is 1. The first kappa shape index (κ1) is 8.86. The third kappa shape index (κ3) is 2.13. The number of hydrogen-bond donors (Lipinski definition) is 3. The van der Waals surface area contributed by atoms with Crippen LogP contribution < -0.4 is 16.8 Å². The highest BCUT2D eigenvalue weighted by Crippen LogP contribution is 2.22. The second-order valence-corrected chi connectivity index (χ2v) is 3.14. The van der Waals surface area contributed by atoms with Gasteiger partial charge >= 0.3 is 6.03 Å². The lowest BCUT2D eigenvalue weighted by Gasteiger charge is -2.05. The van der Waals surface area contributed by atoms with E-state index < -0.39 is 6.03 Å². The highest BCUT2D eigenvalue weighted by molar-refractivity contribution is 9.10. The Balaban J connectivity index is 2.97. The van der Waals surface area contributed by atoms with E-state index in [4.69, 9.17) is 11.5 Å². The Morgan fingerprint density at radius 1 is 1.50 bits per heavy atom. The molecule has 0 aliphatic heterocycles. The number of amides is 2. The van der Waals surface area contributed by atoms with E-state index >= 15 is 0 Å². The number of nitrogens with two attached hydrogens (primary N) is 2. The van der Waals surface area contributed by atoms with Crippen LogP contribution in [0.5, 0.6) is 0 Å². The second kappa shape index (κ2) is 3.44. The molecular formula is C7H8BrN3O. The molecule has 0 spiro atoms. The number of primary amides is 1. The Morgan fingerprint density at radius 3 is 2.75 bits per heavy atom. The van der Waals surface area contributed by atoms with Crippen molar-refractivity contribution in [3.63, 3.8) is 0 Å². The van der Waals surface area contributed by atoms with Crippen LogP contribution >= 0.6 is 15.9 Å².